The molecule has 29 heavy (non-hydrogen) atoms. The van der Waals surface area contributed by atoms with E-state index >= 15 is 0 Å². The maximum absolute atomic E-state index is 7.57. The molecule has 0 atom stereocenters. The predicted molar refractivity (Wildman–Crippen MR) is 126 cm³/mol. The minimum absolute atomic E-state index is 0. The highest BCUT2D eigenvalue weighted by Crippen LogP contribution is 2.27. The average Bonchev–Trinajstić information content (AvgIpc) is 3.11. The molecule has 0 saturated carbocycles. The highest BCUT2D eigenvalue weighted by Gasteiger charge is 2.06. The zero-order valence-electron chi connectivity index (χ0n) is 15.4. The van der Waals surface area contributed by atoms with Crippen molar-refractivity contribution in [1.82, 2.24) is 4.98 Å². The predicted octanol–water partition coefficient (Wildman–Crippen LogP) is 4.91. The van der Waals surface area contributed by atoms with E-state index in [1.54, 1.807) is 0 Å². The van der Waals surface area contributed by atoms with E-state index in [0.29, 0.717) is 0 Å². The van der Waals surface area contributed by atoms with E-state index in [0.717, 1.165) is 44.4 Å². The minimum atomic E-state index is 0. The molecule has 5 nitrogen and oxygen atoms in total. The largest absolute Gasteiger partial charge is 0.384 e. The van der Waals surface area contributed by atoms with Crippen LogP contribution in [0.5, 0.6) is 0 Å². The topological polar surface area (TPSA) is 116 Å². The summed E-state index contributed by atoms with van der Waals surface area (Å²) < 4.78 is 0. The number of nitrogen functional groups attached to an aromatic ring is 2. The molecule has 0 aliphatic carbocycles. The van der Waals surface area contributed by atoms with Crippen molar-refractivity contribution in [1.29, 1.82) is 10.8 Å². The molecule has 0 spiro atoms. The van der Waals surface area contributed by atoms with Gasteiger partial charge in [-0.3, -0.25) is 10.8 Å². The van der Waals surface area contributed by atoms with Crippen molar-refractivity contribution in [2.24, 2.45) is 11.5 Å². The first-order chi connectivity index (χ1) is 13.0. The molecule has 7 N–H and O–H groups in total. The first-order valence-corrected chi connectivity index (χ1v) is 8.54. The van der Waals surface area contributed by atoms with Gasteiger partial charge in [0.1, 0.15) is 11.7 Å². The van der Waals surface area contributed by atoms with Crippen molar-refractivity contribution in [3.63, 3.8) is 0 Å². The number of hydrogen-bond acceptors (Lipinski definition) is 2. The Labute approximate surface area is 181 Å². The third kappa shape index (κ3) is 4.42. The summed E-state index contributed by atoms with van der Waals surface area (Å²) in [5.41, 5.74) is 17.8. The normalized spacial score (nSPS) is 10.1. The number of nitrogens with one attached hydrogen (secondary N) is 3. The summed E-state index contributed by atoms with van der Waals surface area (Å²) in [5, 5.41) is 16.1. The third-order valence-corrected chi connectivity index (χ3v) is 4.66. The number of hydrogen-bond donors (Lipinski definition) is 5. The Balaban J connectivity index is 0.00000150. The van der Waals surface area contributed by atoms with Crippen molar-refractivity contribution < 1.29 is 0 Å². The van der Waals surface area contributed by atoms with Gasteiger partial charge in [-0.2, -0.15) is 0 Å². The molecule has 0 fully saturated rings. The number of H-pyrrole nitrogens is 1. The molecule has 0 aliphatic heterocycles. The van der Waals surface area contributed by atoms with Crippen LogP contribution < -0.4 is 11.5 Å². The molecule has 0 unspecified atom stereocenters. The lowest BCUT2D eigenvalue weighted by molar-refractivity contribution is 1.42. The number of halogens is 2. The number of rotatable bonds is 4. The van der Waals surface area contributed by atoms with Crippen LogP contribution in [0.1, 0.15) is 11.1 Å². The summed E-state index contributed by atoms with van der Waals surface area (Å²) in [7, 11) is 0. The molecule has 3 aromatic carbocycles. The summed E-state index contributed by atoms with van der Waals surface area (Å²) >= 11 is 0. The summed E-state index contributed by atoms with van der Waals surface area (Å²) in [6.45, 7) is 0. The Hall–Kier alpha value is -3.28. The standard InChI is InChI=1S/C22H19N5.2ClH/c23-21(24)16-7-3-14(4-8-16)13-1-5-15(6-2-13)20-12-18-11-17(22(25)26)9-10-19(18)27-20;;/h1-12,27H,(H3,23,24)(H3,25,26);2*1H. The number of benzene rings is 3. The summed E-state index contributed by atoms with van der Waals surface area (Å²) in [6.07, 6.45) is 0. The van der Waals surface area contributed by atoms with Gasteiger partial charge in [0.2, 0.25) is 0 Å². The fourth-order valence-electron chi connectivity index (χ4n) is 3.14. The summed E-state index contributed by atoms with van der Waals surface area (Å²) in [6, 6.07) is 23.7. The molecule has 0 saturated heterocycles. The molecule has 0 amide bonds. The Kier molecular flexibility index (Phi) is 6.69. The fraction of sp³-hybridized carbons (Fsp3) is 0. The van der Waals surface area contributed by atoms with Gasteiger partial charge in [-0.25, -0.2) is 0 Å². The van der Waals surface area contributed by atoms with Gasteiger partial charge >= 0.3 is 0 Å². The first kappa shape index (κ1) is 22.0. The van der Waals surface area contributed by atoms with Gasteiger partial charge in [0.25, 0.3) is 0 Å². The van der Waals surface area contributed by atoms with Crippen molar-refractivity contribution in [2.45, 2.75) is 0 Å². The zero-order chi connectivity index (χ0) is 19.0. The number of nitrogens with two attached hydrogens (primary N) is 2. The monoisotopic (exact) mass is 425 g/mol. The molecule has 4 rings (SSSR count). The first-order valence-electron chi connectivity index (χ1n) is 8.54. The van der Waals surface area contributed by atoms with E-state index < -0.39 is 0 Å². The van der Waals surface area contributed by atoms with Crippen LogP contribution in [0.15, 0.2) is 72.8 Å². The lowest BCUT2D eigenvalue weighted by Crippen LogP contribution is -2.10. The lowest BCUT2D eigenvalue weighted by Gasteiger charge is -2.05. The molecular weight excluding hydrogens is 405 g/mol. The SMILES string of the molecule is Cl.Cl.N=C(N)c1ccc(-c2ccc(-c3cc4cc(C(=N)N)ccc4[nH]3)cc2)cc1. The van der Waals surface area contributed by atoms with Crippen LogP contribution in [-0.4, -0.2) is 16.7 Å². The van der Waals surface area contributed by atoms with Crippen molar-refractivity contribution >= 4 is 47.4 Å². The third-order valence-electron chi connectivity index (χ3n) is 4.66. The van der Waals surface area contributed by atoms with Gasteiger partial charge < -0.3 is 16.5 Å². The highest BCUT2D eigenvalue weighted by molar-refractivity contribution is 5.99. The second kappa shape index (κ2) is 8.82. The van der Waals surface area contributed by atoms with Gasteiger partial charge in [-0.1, -0.05) is 48.5 Å². The zero-order valence-corrected chi connectivity index (χ0v) is 17.0. The Morgan fingerprint density at radius 3 is 1.66 bits per heavy atom. The molecule has 1 aromatic heterocycles. The number of amidine groups is 2. The van der Waals surface area contributed by atoms with Gasteiger partial charge in [-0.05, 0) is 41.0 Å². The molecule has 4 aromatic rings. The molecule has 0 aliphatic rings. The molecule has 1 heterocycles. The number of aromatic amines is 1. The van der Waals surface area contributed by atoms with E-state index in [9.17, 15) is 0 Å². The van der Waals surface area contributed by atoms with Crippen molar-refractivity contribution in [3.8, 4) is 22.4 Å². The van der Waals surface area contributed by atoms with Gasteiger partial charge in [0, 0.05) is 27.7 Å². The molecule has 0 radical (unpaired) electrons. The van der Waals surface area contributed by atoms with Crippen LogP contribution in [0.2, 0.25) is 0 Å². The van der Waals surface area contributed by atoms with Crippen LogP contribution in [0.25, 0.3) is 33.3 Å². The highest BCUT2D eigenvalue weighted by atomic mass is 35.5. The van der Waals surface area contributed by atoms with Crippen LogP contribution in [0, 0.1) is 10.8 Å². The molecule has 148 valence electrons. The summed E-state index contributed by atoms with van der Waals surface area (Å²) in [5.74, 6) is 0.142. The van der Waals surface area contributed by atoms with E-state index in [1.165, 1.54) is 0 Å². The van der Waals surface area contributed by atoms with Gasteiger partial charge in [0.15, 0.2) is 0 Å². The number of aromatic nitrogens is 1. The second-order valence-corrected chi connectivity index (χ2v) is 6.47. The van der Waals surface area contributed by atoms with Crippen molar-refractivity contribution in [2.75, 3.05) is 0 Å². The van der Waals surface area contributed by atoms with Crippen LogP contribution in [-0.2, 0) is 0 Å². The van der Waals surface area contributed by atoms with Gasteiger partial charge in [-0.15, -0.1) is 24.8 Å². The average molecular weight is 426 g/mol. The maximum atomic E-state index is 7.57. The van der Waals surface area contributed by atoms with E-state index in [2.05, 4.69) is 35.3 Å². The lowest BCUT2D eigenvalue weighted by atomic mass is 10.0. The van der Waals surface area contributed by atoms with E-state index in [4.69, 9.17) is 22.3 Å². The van der Waals surface area contributed by atoms with Crippen LogP contribution in [0.4, 0.5) is 0 Å². The molecule has 7 heteroatoms. The van der Waals surface area contributed by atoms with Gasteiger partial charge in [0.05, 0.1) is 0 Å². The van der Waals surface area contributed by atoms with Crippen LogP contribution in [0.3, 0.4) is 0 Å². The van der Waals surface area contributed by atoms with Crippen molar-refractivity contribution in [3.05, 3.63) is 83.9 Å². The minimum Gasteiger partial charge on any atom is -0.384 e. The number of fused-ring (bicyclic) bond motifs is 1. The van der Waals surface area contributed by atoms with Crippen LogP contribution >= 0.6 is 24.8 Å². The fourth-order valence-corrected chi connectivity index (χ4v) is 3.14. The molecular formula is C22H21Cl2N5. The second-order valence-electron chi connectivity index (χ2n) is 6.47. The van der Waals surface area contributed by atoms with E-state index in [1.807, 2.05) is 42.5 Å². The summed E-state index contributed by atoms with van der Waals surface area (Å²) in [4.78, 5) is 3.41. The molecule has 0 bridgehead atoms. The van der Waals surface area contributed by atoms with E-state index in [-0.39, 0.29) is 36.5 Å². The Bertz CT molecular complexity index is 1160. The Morgan fingerprint density at radius 1 is 0.621 bits per heavy atom. The Morgan fingerprint density at radius 2 is 1.10 bits per heavy atom. The quantitative estimate of drug-likeness (QED) is 0.236. The maximum Gasteiger partial charge on any atom is 0.122 e. The smallest absolute Gasteiger partial charge is 0.122 e.